The first-order valence-electron chi connectivity index (χ1n) is 6.46. The monoisotopic (exact) mass is 274 g/mol. The molecule has 0 amide bonds. The Bertz CT molecular complexity index is 609. The SMILES string of the molecule is Cc1ccc(Cl)cc1N=Cc1cc(C)n(C(C)C)c1. The average Bonchev–Trinajstić information content (AvgIpc) is 2.72. The van der Waals surface area contributed by atoms with E-state index in [2.05, 4.69) is 42.6 Å². The van der Waals surface area contributed by atoms with Crippen LogP contribution in [-0.4, -0.2) is 10.8 Å². The molecule has 1 aromatic carbocycles. The highest BCUT2D eigenvalue weighted by Gasteiger charge is 2.03. The van der Waals surface area contributed by atoms with Crippen molar-refractivity contribution in [1.82, 2.24) is 4.57 Å². The summed E-state index contributed by atoms with van der Waals surface area (Å²) in [6.45, 7) is 8.50. The van der Waals surface area contributed by atoms with Gasteiger partial charge in [-0.05, 0) is 51.5 Å². The summed E-state index contributed by atoms with van der Waals surface area (Å²) in [7, 11) is 0. The molecule has 2 rings (SSSR count). The summed E-state index contributed by atoms with van der Waals surface area (Å²) in [4.78, 5) is 4.53. The number of rotatable bonds is 3. The fourth-order valence-electron chi connectivity index (χ4n) is 2.11. The largest absolute Gasteiger partial charge is 0.349 e. The first-order valence-corrected chi connectivity index (χ1v) is 6.84. The molecule has 0 N–H and O–H groups in total. The van der Waals surface area contributed by atoms with E-state index in [1.54, 1.807) is 0 Å². The van der Waals surface area contributed by atoms with E-state index < -0.39 is 0 Å². The van der Waals surface area contributed by atoms with Crippen molar-refractivity contribution in [2.75, 3.05) is 0 Å². The summed E-state index contributed by atoms with van der Waals surface area (Å²) >= 11 is 5.99. The van der Waals surface area contributed by atoms with Gasteiger partial charge in [-0.25, -0.2) is 0 Å². The highest BCUT2D eigenvalue weighted by molar-refractivity contribution is 6.30. The molecule has 0 atom stereocenters. The van der Waals surface area contributed by atoms with Crippen LogP contribution in [-0.2, 0) is 0 Å². The number of aryl methyl sites for hydroxylation is 2. The van der Waals surface area contributed by atoms with Crippen molar-refractivity contribution < 1.29 is 0 Å². The first-order chi connectivity index (χ1) is 8.97. The van der Waals surface area contributed by atoms with Crippen molar-refractivity contribution in [1.29, 1.82) is 0 Å². The van der Waals surface area contributed by atoms with Crippen molar-refractivity contribution in [3.8, 4) is 0 Å². The lowest BCUT2D eigenvalue weighted by molar-refractivity contribution is 0.589. The van der Waals surface area contributed by atoms with E-state index in [4.69, 9.17) is 11.6 Å². The number of halogens is 1. The maximum Gasteiger partial charge on any atom is 0.0673 e. The lowest BCUT2D eigenvalue weighted by atomic mass is 10.2. The van der Waals surface area contributed by atoms with Crippen LogP contribution in [0.5, 0.6) is 0 Å². The lowest BCUT2D eigenvalue weighted by Crippen LogP contribution is -2.00. The molecular weight excluding hydrogens is 256 g/mol. The maximum atomic E-state index is 5.99. The third kappa shape index (κ3) is 3.27. The first kappa shape index (κ1) is 13.9. The summed E-state index contributed by atoms with van der Waals surface area (Å²) in [5.41, 5.74) is 4.41. The Kier molecular flexibility index (Phi) is 4.11. The summed E-state index contributed by atoms with van der Waals surface area (Å²) in [5, 5.41) is 0.716. The van der Waals surface area contributed by atoms with Crippen LogP contribution in [0.25, 0.3) is 0 Å². The van der Waals surface area contributed by atoms with Crippen LogP contribution in [0.1, 0.15) is 36.7 Å². The predicted molar refractivity (Wildman–Crippen MR) is 83.0 cm³/mol. The minimum absolute atomic E-state index is 0.468. The number of nitrogens with zero attached hydrogens (tertiary/aromatic N) is 2. The Balaban J connectivity index is 2.27. The Morgan fingerprint density at radius 2 is 1.95 bits per heavy atom. The highest BCUT2D eigenvalue weighted by atomic mass is 35.5. The Morgan fingerprint density at radius 1 is 1.21 bits per heavy atom. The Hall–Kier alpha value is -1.54. The second kappa shape index (κ2) is 5.62. The van der Waals surface area contributed by atoms with Crippen LogP contribution in [0.15, 0.2) is 35.5 Å². The molecule has 2 nitrogen and oxygen atoms in total. The van der Waals surface area contributed by atoms with E-state index in [0.717, 1.165) is 16.8 Å². The average molecular weight is 275 g/mol. The van der Waals surface area contributed by atoms with Gasteiger partial charge in [0.1, 0.15) is 0 Å². The molecule has 2 aromatic rings. The zero-order valence-electron chi connectivity index (χ0n) is 11.8. The van der Waals surface area contributed by atoms with Crippen LogP contribution in [0, 0.1) is 13.8 Å². The van der Waals surface area contributed by atoms with E-state index in [1.807, 2.05) is 31.3 Å². The van der Waals surface area contributed by atoms with Crippen molar-refractivity contribution in [3.63, 3.8) is 0 Å². The molecule has 3 heteroatoms. The molecule has 0 fully saturated rings. The van der Waals surface area contributed by atoms with Crippen LogP contribution in [0.3, 0.4) is 0 Å². The van der Waals surface area contributed by atoms with Gasteiger partial charge in [0, 0.05) is 34.7 Å². The molecule has 0 aliphatic rings. The van der Waals surface area contributed by atoms with Gasteiger partial charge in [-0.2, -0.15) is 0 Å². The van der Waals surface area contributed by atoms with E-state index in [-0.39, 0.29) is 0 Å². The summed E-state index contributed by atoms with van der Waals surface area (Å²) in [6, 6.07) is 8.37. The van der Waals surface area contributed by atoms with Crippen molar-refractivity contribution >= 4 is 23.5 Å². The number of hydrogen-bond donors (Lipinski definition) is 0. The molecule has 1 heterocycles. The molecule has 0 radical (unpaired) electrons. The minimum atomic E-state index is 0.468. The van der Waals surface area contributed by atoms with Gasteiger partial charge in [-0.15, -0.1) is 0 Å². The molecule has 19 heavy (non-hydrogen) atoms. The predicted octanol–water partition coefficient (Wildman–Crippen LogP) is 5.09. The van der Waals surface area contributed by atoms with E-state index in [1.165, 1.54) is 5.69 Å². The van der Waals surface area contributed by atoms with Gasteiger partial charge in [0.05, 0.1) is 5.69 Å². The smallest absolute Gasteiger partial charge is 0.0673 e. The molecule has 0 saturated carbocycles. The molecule has 100 valence electrons. The van der Waals surface area contributed by atoms with Gasteiger partial charge < -0.3 is 4.57 Å². The van der Waals surface area contributed by atoms with Gasteiger partial charge in [0.15, 0.2) is 0 Å². The van der Waals surface area contributed by atoms with E-state index in [9.17, 15) is 0 Å². The summed E-state index contributed by atoms with van der Waals surface area (Å²) in [5.74, 6) is 0. The summed E-state index contributed by atoms with van der Waals surface area (Å²) < 4.78 is 2.24. The summed E-state index contributed by atoms with van der Waals surface area (Å²) in [6.07, 6.45) is 4.02. The molecule has 0 bridgehead atoms. The molecular formula is C16H19ClN2. The van der Waals surface area contributed by atoms with Crippen molar-refractivity contribution in [2.45, 2.75) is 33.7 Å². The molecule has 0 saturated heterocycles. The van der Waals surface area contributed by atoms with Gasteiger partial charge in [-0.3, -0.25) is 4.99 Å². The van der Waals surface area contributed by atoms with Crippen LogP contribution in [0.4, 0.5) is 5.69 Å². The van der Waals surface area contributed by atoms with Crippen molar-refractivity contribution in [2.24, 2.45) is 4.99 Å². The highest BCUT2D eigenvalue weighted by Crippen LogP contribution is 2.23. The van der Waals surface area contributed by atoms with E-state index >= 15 is 0 Å². The van der Waals surface area contributed by atoms with Gasteiger partial charge in [-0.1, -0.05) is 17.7 Å². The van der Waals surface area contributed by atoms with Crippen LogP contribution in [0.2, 0.25) is 5.02 Å². The number of hydrogen-bond acceptors (Lipinski definition) is 1. The third-order valence-corrected chi connectivity index (χ3v) is 3.39. The molecule has 1 aromatic heterocycles. The lowest BCUT2D eigenvalue weighted by Gasteiger charge is -2.08. The van der Waals surface area contributed by atoms with Crippen molar-refractivity contribution in [3.05, 3.63) is 52.3 Å². The zero-order chi connectivity index (χ0) is 14.0. The number of aliphatic imine (C=N–C) groups is 1. The molecule has 0 unspecified atom stereocenters. The topological polar surface area (TPSA) is 17.3 Å². The fourth-order valence-corrected chi connectivity index (χ4v) is 2.27. The van der Waals surface area contributed by atoms with E-state index in [0.29, 0.717) is 11.1 Å². The second-order valence-corrected chi connectivity index (χ2v) is 5.54. The Morgan fingerprint density at radius 3 is 2.58 bits per heavy atom. The quantitative estimate of drug-likeness (QED) is 0.694. The Labute approximate surface area is 119 Å². The van der Waals surface area contributed by atoms with Gasteiger partial charge >= 0.3 is 0 Å². The molecule has 0 aliphatic heterocycles. The normalized spacial score (nSPS) is 11.7. The molecule has 0 spiro atoms. The molecule has 0 aliphatic carbocycles. The zero-order valence-corrected chi connectivity index (χ0v) is 12.6. The standard InChI is InChI=1S/C16H19ClN2/c1-11(2)19-10-14(7-13(19)4)9-18-16-8-15(17)6-5-12(16)3/h5-11H,1-4H3. The second-order valence-electron chi connectivity index (χ2n) is 5.10. The maximum absolute atomic E-state index is 5.99. The van der Waals surface area contributed by atoms with Gasteiger partial charge in [0.2, 0.25) is 0 Å². The number of aromatic nitrogens is 1. The third-order valence-electron chi connectivity index (χ3n) is 3.15. The minimum Gasteiger partial charge on any atom is -0.349 e. The van der Waals surface area contributed by atoms with Crippen LogP contribution >= 0.6 is 11.6 Å². The van der Waals surface area contributed by atoms with Crippen LogP contribution < -0.4 is 0 Å². The van der Waals surface area contributed by atoms with Gasteiger partial charge in [0.25, 0.3) is 0 Å². The number of benzene rings is 1. The fraction of sp³-hybridized carbons (Fsp3) is 0.312.